The molecular formula is C17H26N2O6S. The highest BCUT2D eigenvalue weighted by Gasteiger charge is 2.41. The maximum Gasteiger partial charge on any atom is 0.305 e. The van der Waals surface area contributed by atoms with Gasteiger partial charge in [-0.2, -0.15) is 0 Å². The predicted octanol–water partition coefficient (Wildman–Crippen LogP) is 2.87. The Labute approximate surface area is 153 Å². The Morgan fingerprint density at radius 1 is 1.31 bits per heavy atom. The highest BCUT2D eigenvalue weighted by atomic mass is 32.2. The van der Waals surface area contributed by atoms with Gasteiger partial charge in [0.2, 0.25) is 10.0 Å². The average molecular weight is 386 g/mol. The zero-order valence-electron chi connectivity index (χ0n) is 15.5. The van der Waals surface area contributed by atoms with Gasteiger partial charge >= 0.3 is 5.97 Å². The lowest BCUT2D eigenvalue weighted by Crippen LogP contribution is -2.55. The van der Waals surface area contributed by atoms with Gasteiger partial charge in [0.1, 0.15) is 0 Å². The Bertz CT molecular complexity index is 770. The molecule has 0 aliphatic carbocycles. The number of aliphatic carboxylic acids is 1. The Kier molecular flexibility index (Phi) is 6.89. The molecule has 1 unspecified atom stereocenters. The lowest BCUT2D eigenvalue weighted by Gasteiger charge is -2.36. The monoisotopic (exact) mass is 386 g/mol. The SMILES string of the molecule is CCCC(CC(=O)O)(Cc1cccc([N+](=O)[O-])c1)NS(=O)(=O)C(C)(C)C. The number of benzene rings is 1. The van der Waals surface area contributed by atoms with Crippen molar-refractivity contribution in [1.82, 2.24) is 4.72 Å². The van der Waals surface area contributed by atoms with E-state index in [1.54, 1.807) is 6.07 Å². The molecule has 8 nitrogen and oxygen atoms in total. The topological polar surface area (TPSA) is 127 Å². The summed E-state index contributed by atoms with van der Waals surface area (Å²) in [5.74, 6) is -1.14. The summed E-state index contributed by atoms with van der Waals surface area (Å²) in [6, 6.07) is 5.81. The fraction of sp³-hybridized carbons (Fsp3) is 0.588. The fourth-order valence-corrected chi connectivity index (χ4v) is 3.86. The first-order valence-corrected chi connectivity index (χ1v) is 9.79. The summed E-state index contributed by atoms with van der Waals surface area (Å²) in [6.07, 6.45) is 0.467. The third kappa shape index (κ3) is 5.77. The second-order valence-corrected chi connectivity index (χ2v) is 9.86. The lowest BCUT2D eigenvalue weighted by atomic mass is 9.84. The molecular weight excluding hydrogens is 360 g/mol. The highest BCUT2D eigenvalue weighted by Crippen LogP contribution is 2.28. The molecule has 0 bridgehead atoms. The number of hydrogen-bond acceptors (Lipinski definition) is 5. The van der Waals surface area contributed by atoms with Crippen molar-refractivity contribution >= 4 is 21.7 Å². The maximum absolute atomic E-state index is 12.7. The van der Waals surface area contributed by atoms with Gasteiger partial charge in [0.15, 0.2) is 0 Å². The van der Waals surface area contributed by atoms with Gasteiger partial charge in [-0.05, 0) is 39.2 Å². The highest BCUT2D eigenvalue weighted by molar-refractivity contribution is 7.90. The number of nitro benzene ring substituents is 1. The van der Waals surface area contributed by atoms with Crippen LogP contribution in [0, 0.1) is 10.1 Å². The quantitative estimate of drug-likeness (QED) is 0.496. The zero-order chi connectivity index (χ0) is 20.2. The maximum atomic E-state index is 12.7. The second-order valence-electron chi connectivity index (χ2n) is 7.42. The van der Waals surface area contributed by atoms with E-state index in [1.807, 2.05) is 6.92 Å². The standard InChI is InChI=1S/C17H26N2O6S/c1-5-9-17(12-15(20)21,18-26(24,25)16(2,3)4)11-13-7-6-8-14(10-13)19(22)23/h6-8,10,18H,5,9,11-12H2,1-4H3,(H,20,21). The number of carboxylic acid groups (broad SMARTS) is 1. The van der Waals surface area contributed by atoms with Crippen LogP contribution >= 0.6 is 0 Å². The molecule has 0 heterocycles. The number of rotatable bonds is 9. The smallest absolute Gasteiger partial charge is 0.305 e. The molecule has 0 aliphatic rings. The molecule has 0 aliphatic heterocycles. The van der Waals surface area contributed by atoms with Crippen LogP contribution < -0.4 is 4.72 Å². The van der Waals surface area contributed by atoms with Crippen molar-refractivity contribution in [2.24, 2.45) is 0 Å². The summed E-state index contributed by atoms with van der Waals surface area (Å²) in [7, 11) is -3.82. The van der Waals surface area contributed by atoms with Crippen LogP contribution in [0.3, 0.4) is 0 Å². The van der Waals surface area contributed by atoms with Crippen molar-refractivity contribution in [2.75, 3.05) is 0 Å². The summed E-state index contributed by atoms with van der Waals surface area (Å²) in [4.78, 5) is 21.9. The third-order valence-electron chi connectivity index (χ3n) is 4.04. The molecule has 2 N–H and O–H groups in total. The van der Waals surface area contributed by atoms with Crippen LogP contribution in [-0.4, -0.2) is 34.7 Å². The van der Waals surface area contributed by atoms with Crippen molar-refractivity contribution in [1.29, 1.82) is 0 Å². The Hall–Kier alpha value is -2.00. The number of nitrogens with one attached hydrogen (secondary N) is 1. The molecule has 0 spiro atoms. The molecule has 0 radical (unpaired) electrons. The lowest BCUT2D eigenvalue weighted by molar-refractivity contribution is -0.384. The summed E-state index contributed by atoms with van der Waals surface area (Å²) < 4.78 is 26.8. The van der Waals surface area contributed by atoms with Gasteiger partial charge in [-0.3, -0.25) is 14.9 Å². The van der Waals surface area contributed by atoms with Gasteiger partial charge in [-0.15, -0.1) is 0 Å². The Balaban J connectivity index is 3.37. The van der Waals surface area contributed by atoms with E-state index in [9.17, 15) is 28.4 Å². The van der Waals surface area contributed by atoms with E-state index in [0.29, 0.717) is 12.0 Å². The van der Waals surface area contributed by atoms with Gasteiger partial charge in [0.05, 0.1) is 16.1 Å². The first-order valence-electron chi connectivity index (χ1n) is 8.30. The largest absolute Gasteiger partial charge is 0.481 e. The number of nitrogens with zero attached hydrogens (tertiary/aromatic N) is 1. The fourth-order valence-electron chi connectivity index (χ4n) is 2.74. The number of carbonyl (C=O) groups is 1. The number of hydrogen-bond donors (Lipinski definition) is 2. The first kappa shape index (κ1) is 22.0. The average Bonchev–Trinajstić information content (AvgIpc) is 2.44. The van der Waals surface area contributed by atoms with Crippen molar-refractivity contribution in [3.8, 4) is 0 Å². The minimum Gasteiger partial charge on any atom is -0.481 e. The van der Waals surface area contributed by atoms with Gasteiger partial charge in [0.25, 0.3) is 5.69 Å². The van der Waals surface area contributed by atoms with Crippen LogP contribution in [0.25, 0.3) is 0 Å². The third-order valence-corrected chi connectivity index (χ3v) is 6.35. The van der Waals surface area contributed by atoms with Crippen LogP contribution in [0.1, 0.15) is 52.5 Å². The Morgan fingerprint density at radius 2 is 1.92 bits per heavy atom. The molecule has 0 saturated carbocycles. The van der Waals surface area contributed by atoms with Crippen molar-refractivity contribution in [2.45, 2.75) is 63.7 Å². The zero-order valence-corrected chi connectivity index (χ0v) is 16.3. The number of non-ortho nitro benzene ring substituents is 1. The van der Waals surface area contributed by atoms with E-state index < -0.39 is 37.6 Å². The summed E-state index contributed by atoms with van der Waals surface area (Å²) >= 11 is 0. The van der Waals surface area contributed by atoms with Crippen molar-refractivity contribution < 1.29 is 23.2 Å². The summed E-state index contributed by atoms with van der Waals surface area (Å²) in [5, 5.41) is 20.3. The molecule has 26 heavy (non-hydrogen) atoms. The molecule has 0 saturated heterocycles. The van der Waals surface area contributed by atoms with Crippen LogP contribution in [-0.2, 0) is 21.2 Å². The van der Waals surface area contributed by atoms with E-state index in [4.69, 9.17) is 0 Å². The molecule has 1 aromatic rings. The summed E-state index contributed by atoms with van der Waals surface area (Å²) in [5.41, 5.74) is -0.880. The molecule has 0 fully saturated rings. The minimum absolute atomic E-state index is 0.0458. The molecule has 1 aromatic carbocycles. The number of nitro groups is 1. The number of sulfonamides is 1. The Morgan fingerprint density at radius 3 is 2.38 bits per heavy atom. The van der Waals surface area contributed by atoms with Crippen molar-refractivity contribution in [3.63, 3.8) is 0 Å². The minimum atomic E-state index is -3.82. The number of carboxylic acids is 1. The van der Waals surface area contributed by atoms with Crippen LogP contribution in [0.5, 0.6) is 0 Å². The van der Waals surface area contributed by atoms with Crippen LogP contribution in [0.15, 0.2) is 24.3 Å². The van der Waals surface area contributed by atoms with Crippen LogP contribution in [0.4, 0.5) is 5.69 Å². The van der Waals surface area contributed by atoms with E-state index >= 15 is 0 Å². The summed E-state index contributed by atoms with van der Waals surface area (Å²) in [6.45, 7) is 6.41. The van der Waals surface area contributed by atoms with Gasteiger partial charge < -0.3 is 5.11 Å². The molecule has 146 valence electrons. The van der Waals surface area contributed by atoms with Crippen LogP contribution in [0.2, 0.25) is 0 Å². The van der Waals surface area contributed by atoms with E-state index in [2.05, 4.69) is 4.72 Å². The van der Waals surface area contributed by atoms with Gasteiger partial charge in [-0.1, -0.05) is 25.5 Å². The molecule has 0 aromatic heterocycles. The van der Waals surface area contributed by atoms with Gasteiger partial charge in [0, 0.05) is 17.7 Å². The molecule has 1 rings (SSSR count). The normalized spacial score (nSPS) is 14.6. The second kappa shape index (κ2) is 8.13. The van der Waals surface area contributed by atoms with Crippen molar-refractivity contribution in [3.05, 3.63) is 39.9 Å². The first-order chi connectivity index (χ1) is 11.8. The van der Waals surface area contributed by atoms with E-state index in [-0.39, 0.29) is 18.5 Å². The molecule has 9 heteroatoms. The van der Waals surface area contributed by atoms with E-state index in [0.717, 1.165) is 0 Å². The molecule has 0 amide bonds. The molecule has 1 atom stereocenters. The van der Waals surface area contributed by atoms with E-state index in [1.165, 1.54) is 39.0 Å². The predicted molar refractivity (Wildman–Crippen MR) is 98.5 cm³/mol. The van der Waals surface area contributed by atoms with Gasteiger partial charge in [-0.25, -0.2) is 13.1 Å².